The van der Waals surface area contributed by atoms with Gasteiger partial charge in [-0.05, 0) is 17.9 Å². The minimum absolute atomic E-state index is 0.695. The van der Waals surface area contributed by atoms with Crippen LogP contribution in [0.15, 0.2) is 17.5 Å². The third kappa shape index (κ3) is 6.95. The highest BCUT2D eigenvalue weighted by atomic mass is 32.1. The summed E-state index contributed by atoms with van der Waals surface area (Å²) < 4.78 is 10.7. The fraction of sp³-hybridized carbons (Fsp3) is 0.667. The minimum Gasteiger partial charge on any atom is -0.379 e. The van der Waals surface area contributed by atoms with Crippen LogP contribution >= 0.6 is 11.3 Å². The van der Waals surface area contributed by atoms with Gasteiger partial charge in [-0.1, -0.05) is 13.0 Å². The van der Waals surface area contributed by atoms with Crippen LogP contribution in [-0.2, 0) is 16.0 Å². The maximum Gasteiger partial charge on any atom is 0.0701 e. The zero-order valence-electron chi connectivity index (χ0n) is 9.91. The van der Waals surface area contributed by atoms with E-state index in [-0.39, 0.29) is 0 Å². The molecule has 92 valence electrons. The highest BCUT2D eigenvalue weighted by Crippen LogP contribution is 2.06. The lowest BCUT2D eigenvalue weighted by molar-refractivity contribution is 0.0490. The smallest absolute Gasteiger partial charge is 0.0701 e. The molecular formula is C12H21NO2S. The Hall–Kier alpha value is -0.420. The predicted octanol–water partition coefficient (Wildman–Crippen LogP) is 2.28. The van der Waals surface area contributed by atoms with Gasteiger partial charge < -0.3 is 14.8 Å². The summed E-state index contributed by atoms with van der Waals surface area (Å²) in [5.41, 5.74) is 0. The highest BCUT2D eigenvalue weighted by molar-refractivity contribution is 7.09. The van der Waals surface area contributed by atoms with Gasteiger partial charge in [-0.25, -0.2) is 0 Å². The lowest BCUT2D eigenvalue weighted by Gasteiger charge is -2.05. The molecule has 1 rings (SSSR count). The lowest BCUT2D eigenvalue weighted by Crippen LogP contribution is -2.19. The lowest BCUT2D eigenvalue weighted by atomic mass is 10.4. The fourth-order valence-electron chi connectivity index (χ4n) is 1.24. The highest BCUT2D eigenvalue weighted by Gasteiger charge is 1.93. The molecule has 1 aromatic heterocycles. The summed E-state index contributed by atoms with van der Waals surface area (Å²) in [6.45, 7) is 6.93. The first-order valence-corrected chi connectivity index (χ1v) is 6.70. The van der Waals surface area contributed by atoms with Crippen LogP contribution in [0.4, 0.5) is 0 Å². The van der Waals surface area contributed by atoms with Gasteiger partial charge in [0, 0.05) is 24.6 Å². The molecule has 1 N–H and O–H groups in total. The number of rotatable bonds is 10. The van der Waals surface area contributed by atoms with E-state index in [4.69, 9.17) is 9.47 Å². The van der Waals surface area contributed by atoms with Crippen molar-refractivity contribution in [2.24, 2.45) is 0 Å². The normalized spacial score (nSPS) is 10.8. The molecule has 4 heteroatoms. The molecule has 0 bridgehead atoms. The SMILES string of the molecule is CCCOCCOCCNCc1cccs1. The number of nitrogens with one attached hydrogen (secondary N) is 1. The molecule has 0 unspecified atom stereocenters. The molecule has 0 amide bonds. The topological polar surface area (TPSA) is 30.5 Å². The number of thiophene rings is 1. The Kier molecular flexibility index (Phi) is 8.34. The van der Waals surface area contributed by atoms with Gasteiger partial charge >= 0.3 is 0 Å². The zero-order valence-corrected chi connectivity index (χ0v) is 10.7. The van der Waals surface area contributed by atoms with Crippen LogP contribution in [0.25, 0.3) is 0 Å². The van der Waals surface area contributed by atoms with Crippen LogP contribution in [0, 0.1) is 0 Å². The molecule has 0 atom stereocenters. The second-order valence-corrected chi connectivity index (χ2v) is 4.51. The first-order valence-electron chi connectivity index (χ1n) is 5.82. The average Bonchev–Trinajstić information content (AvgIpc) is 2.80. The molecule has 16 heavy (non-hydrogen) atoms. The van der Waals surface area contributed by atoms with Gasteiger partial charge in [-0.3, -0.25) is 0 Å². The van der Waals surface area contributed by atoms with Gasteiger partial charge in [-0.2, -0.15) is 0 Å². The Balaban J connectivity index is 1.78. The van der Waals surface area contributed by atoms with Gasteiger partial charge in [0.05, 0.1) is 19.8 Å². The molecule has 0 saturated heterocycles. The van der Waals surface area contributed by atoms with Crippen LogP contribution in [0.2, 0.25) is 0 Å². The van der Waals surface area contributed by atoms with E-state index in [0.717, 1.165) is 32.7 Å². The van der Waals surface area contributed by atoms with Crippen LogP contribution in [-0.4, -0.2) is 33.0 Å². The molecule has 0 spiro atoms. The van der Waals surface area contributed by atoms with Crippen LogP contribution in [0.5, 0.6) is 0 Å². The summed E-state index contributed by atoms with van der Waals surface area (Å²) in [5, 5.41) is 5.43. The van der Waals surface area contributed by atoms with Crippen molar-refractivity contribution in [1.82, 2.24) is 5.32 Å². The van der Waals surface area contributed by atoms with E-state index in [9.17, 15) is 0 Å². The maximum atomic E-state index is 5.42. The van der Waals surface area contributed by atoms with Gasteiger partial charge in [-0.15, -0.1) is 11.3 Å². The van der Waals surface area contributed by atoms with E-state index in [0.29, 0.717) is 13.2 Å². The Labute approximate surface area is 102 Å². The quantitative estimate of drug-likeness (QED) is 0.640. The maximum absolute atomic E-state index is 5.42. The largest absolute Gasteiger partial charge is 0.379 e. The summed E-state index contributed by atoms with van der Waals surface area (Å²) in [6, 6.07) is 4.21. The molecule has 0 fully saturated rings. The van der Waals surface area contributed by atoms with E-state index in [1.807, 2.05) is 0 Å². The molecule has 0 aliphatic carbocycles. The number of hydrogen-bond donors (Lipinski definition) is 1. The first kappa shape index (κ1) is 13.6. The second kappa shape index (κ2) is 9.78. The van der Waals surface area contributed by atoms with Crippen molar-refractivity contribution in [2.45, 2.75) is 19.9 Å². The van der Waals surface area contributed by atoms with Crippen molar-refractivity contribution in [3.05, 3.63) is 22.4 Å². The Morgan fingerprint density at radius 2 is 2.00 bits per heavy atom. The predicted molar refractivity (Wildman–Crippen MR) is 68.0 cm³/mol. The molecule has 0 aliphatic rings. The second-order valence-electron chi connectivity index (χ2n) is 3.48. The summed E-state index contributed by atoms with van der Waals surface area (Å²) >= 11 is 1.78. The number of ether oxygens (including phenoxy) is 2. The molecule has 0 radical (unpaired) electrons. The summed E-state index contributed by atoms with van der Waals surface area (Å²) in [6.07, 6.45) is 1.07. The van der Waals surface area contributed by atoms with Crippen molar-refractivity contribution < 1.29 is 9.47 Å². The fourth-order valence-corrected chi connectivity index (χ4v) is 1.91. The van der Waals surface area contributed by atoms with E-state index >= 15 is 0 Å². The van der Waals surface area contributed by atoms with Gasteiger partial charge in [0.15, 0.2) is 0 Å². The van der Waals surface area contributed by atoms with Crippen molar-refractivity contribution in [1.29, 1.82) is 0 Å². The Morgan fingerprint density at radius 3 is 2.69 bits per heavy atom. The molecule has 3 nitrogen and oxygen atoms in total. The Morgan fingerprint density at radius 1 is 1.19 bits per heavy atom. The van der Waals surface area contributed by atoms with Crippen molar-refractivity contribution in [3.63, 3.8) is 0 Å². The minimum atomic E-state index is 0.695. The van der Waals surface area contributed by atoms with E-state index < -0.39 is 0 Å². The standard InChI is InChI=1S/C12H21NO2S/c1-2-6-14-8-9-15-7-5-13-11-12-4-3-10-16-12/h3-4,10,13H,2,5-9,11H2,1H3. The molecule has 1 aromatic rings. The van der Waals surface area contributed by atoms with E-state index in [2.05, 4.69) is 29.8 Å². The zero-order chi connectivity index (χ0) is 11.5. The molecule has 0 aliphatic heterocycles. The third-order valence-corrected chi connectivity index (χ3v) is 2.90. The van der Waals surface area contributed by atoms with E-state index in [1.165, 1.54) is 4.88 Å². The molecular weight excluding hydrogens is 222 g/mol. The van der Waals surface area contributed by atoms with Crippen molar-refractivity contribution >= 4 is 11.3 Å². The molecule has 1 heterocycles. The summed E-state index contributed by atoms with van der Waals surface area (Å²) in [4.78, 5) is 1.37. The van der Waals surface area contributed by atoms with Crippen molar-refractivity contribution in [2.75, 3.05) is 33.0 Å². The Bertz CT molecular complexity index is 239. The van der Waals surface area contributed by atoms with Gasteiger partial charge in [0.1, 0.15) is 0 Å². The molecule has 0 aromatic carbocycles. The third-order valence-electron chi connectivity index (χ3n) is 2.02. The molecule has 0 saturated carbocycles. The number of hydrogen-bond acceptors (Lipinski definition) is 4. The summed E-state index contributed by atoms with van der Waals surface area (Å²) in [7, 11) is 0. The van der Waals surface area contributed by atoms with Crippen LogP contribution in [0.3, 0.4) is 0 Å². The van der Waals surface area contributed by atoms with Gasteiger partial charge in [0.25, 0.3) is 0 Å². The van der Waals surface area contributed by atoms with Crippen molar-refractivity contribution in [3.8, 4) is 0 Å². The van der Waals surface area contributed by atoms with Crippen LogP contribution < -0.4 is 5.32 Å². The monoisotopic (exact) mass is 243 g/mol. The summed E-state index contributed by atoms with van der Waals surface area (Å²) in [5.74, 6) is 0. The van der Waals surface area contributed by atoms with Crippen LogP contribution in [0.1, 0.15) is 18.2 Å². The first-order chi connectivity index (χ1) is 7.93. The average molecular weight is 243 g/mol. The van der Waals surface area contributed by atoms with Gasteiger partial charge in [0.2, 0.25) is 0 Å². The van der Waals surface area contributed by atoms with E-state index in [1.54, 1.807) is 11.3 Å².